The number of hydrogen-bond donors (Lipinski definition) is 0. The fraction of sp³-hybridized carbons (Fsp3) is 0.412. The van der Waals surface area contributed by atoms with Crippen molar-refractivity contribution in [2.24, 2.45) is 0 Å². The Morgan fingerprint density at radius 1 is 1.42 bits per heavy atom. The molecular formula is C17H19FN2O4. The summed E-state index contributed by atoms with van der Waals surface area (Å²) < 4.78 is 29.2. The molecule has 1 amide bonds. The van der Waals surface area contributed by atoms with Crippen molar-refractivity contribution in [3.05, 3.63) is 53.5 Å². The highest BCUT2D eigenvalue weighted by Crippen LogP contribution is 2.23. The number of morpholine rings is 1. The summed E-state index contributed by atoms with van der Waals surface area (Å²) in [5.74, 6) is 0.764. The fourth-order valence-electron chi connectivity index (χ4n) is 2.60. The average Bonchev–Trinajstić information content (AvgIpc) is 3.06. The molecule has 6 nitrogen and oxygen atoms in total. The molecule has 1 aliphatic heterocycles. The highest BCUT2D eigenvalue weighted by molar-refractivity contribution is 5.77. The summed E-state index contributed by atoms with van der Waals surface area (Å²) in [4.78, 5) is 17.9. The molecule has 0 bridgehead atoms. The lowest BCUT2D eigenvalue weighted by molar-refractivity contribution is -0.143. The van der Waals surface area contributed by atoms with Crippen molar-refractivity contribution < 1.29 is 23.1 Å². The molecule has 0 saturated carbocycles. The van der Waals surface area contributed by atoms with Crippen LogP contribution in [0.1, 0.15) is 23.3 Å². The van der Waals surface area contributed by atoms with Gasteiger partial charge in [0.15, 0.2) is 6.10 Å². The van der Waals surface area contributed by atoms with E-state index in [9.17, 15) is 9.18 Å². The van der Waals surface area contributed by atoms with Crippen LogP contribution in [-0.2, 0) is 20.7 Å². The van der Waals surface area contributed by atoms with Crippen LogP contribution in [-0.4, -0.2) is 49.2 Å². The Kier molecular flexibility index (Phi) is 5.22. The maximum atomic E-state index is 12.9. The Morgan fingerprint density at radius 2 is 2.21 bits per heavy atom. The SMILES string of the molecule is COCC(=O)N1CCO[C@@H](c2ncc(Cc3ccc(F)cc3)o2)C1. The van der Waals surface area contributed by atoms with E-state index in [0.717, 1.165) is 5.56 Å². The maximum Gasteiger partial charge on any atom is 0.248 e. The van der Waals surface area contributed by atoms with Gasteiger partial charge in [-0.15, -0.1) is 0 Å². The summed E-state index contributed by atoms with van der Waals surface area (Å²) in [7, 11) is 1.49. The van der Waals surface area contributed by atoms with Crippen LogP contribution in [0.25, 0.3) is 0 Å². The van der Waals surface area contributed by atoms with Crippen molar-refractivity contribution in [1.29, 1.82) is 0 Å². The Morgan fingerprint density at radius 3 is 2.96 bits per heavy atom. The second kappa shape index (κ2) is 7.55. The Balaban J connectivity index is 1.64. The molecule has 128 valence electrons. The maximum absolute atomic E-state index is 12.9. The number of halogens is 1. The highest BCUT2D eigenvalue weighted by atomic mass is 19.1. The van der Waals surface area contributed by atoms with Crippen LogP contribution >= 0.6 is 0 Å². The van der Waals surface area contributed by atoms with Crippen LogP contribution < -0.4 is 0 Å². The van der Waals surface area contributed by atoms with E-state index in [0.29, 0.717) is 37.8 Å². The molecule has 1 atom stereocenters. The first-order valence-corrected chi connectivity index (χ1v) is 7.73. The molecule has 0 aliphatic carbocycles. The number of oxazole rings is 1. The Hall–Kier alpha value is -2.25. The molecule has 2 heterocycles. The minimum absolute atomic E-state index is 0.0497. The summed E-state index contributed by atoms with van der Waals surface area (Å²) in [5.41, 5.74) is 0.931. The minimum Gasteiger partial charge on any atom is -0.442 e. The van der Waals surface area contributed by atoms with Gasteiger partial charge >= 0.3 is 0 Å². The number of rotatable bonds is 5. The molecule has 0 radical (unpaired) electrons. The molecule has 1 aromatic heterocycles. The zero-order valence-corrected chi connectivity index (χ0v) is 13.4. The van der Waals surface area contributed by atoms with Crippen molar-refractivity contribution in [2.45, 2.75) is 12.5 Å². The Bertz CT molecular complexity index is 686. The third kappa shape index (κ3) is 3.98. The van der Waals surface area contributed by atoms with E-state index < -0.39 is 0 Å². The summed E-state index contributed by atoms with van der Waals surface area (Å²) in [6, 6.07) is 6.24. The van der Waals surface area contributed by atoms with Gasteiger partial charge in [0.1, 0.15) is 18.2 Å². The van der Waals surface area contributed by atoms with Crippen LogP contribution in [0.15, 0.2) is 34.9 Å². The molecule has 1 aliphatic rings. The van der Waals surface area contributed by atoms with Gasteiger partial charge in [-0.3, -0.25) is 4.79 Å². The number of benzene rings is 1. The molecule has 0 unspecified atom stereocenters. The zero-order valence-electron chi connectivity index (χ0n) is 13.4. The lowest BCUT2D eigenvalue weighted by Gasteiger charge is -2.31. The van der Waals surface area contributed by atoms with E-state index in [1.165, 1.54) is 19.2 Å². The van der Waals surface area contributed by atoms with Crippen LogP contribution in [0.5, 0.6) is 0 Å². The summed E-state index contributed by atoms with van der Waals surface area (Å²) in [5, 5.41) is 0. The van der Waals surface area contributed by atoms with E-state index >= 15 is 0 Å². The topological polar surface area (TPSA) is 64.8 Å². The van der Waals surface area contributed by atoms with Gasteiger partial charge in [0.2, 0.25) is 11.8 Å². The third-order valence-corrected chi connectivity index (χ3v) is 3.83. The van der Waals surface area contributed by atoms with E-state index in [-0.39, 0.29) is 24.4 Å². The molecule has 1 saturated heterocycles. The van der Waals surface area contributed by atoms with Crippen LogP contribution in [0.4, 0.5) is 4.39 Å². The number of hydrogen-bond acceptors (Lipinski definition) is 5. The monoisotopic (exact) mass is 334 g/mol. The Labute approximate surface area is 139 Å². The normalized spacial score (nSPS) is 17.9. The quantitative estimate of drug-likeness (QED) is 0.836. The van der Waals surface area contributed by atoms with Gasteiger partial charge in [-0.05, 0) is 17.7 Å². The molecule has 24 heavy (non-hydrogen) atoms. The van der Waals surface area contributed by atoms with Crippen molar-refractivity contribution in [2.75, 3.05) is 33.4 Å². The number of methoxy groups -OCH3 is 1. The molecule has 1 fully saturated rings. The molecule has 1 aromatic carbocycles. The molecule has 2 aromatic rings. The first-order valence-electron chi connectivity index (χ1n) is 7.73. The minimum atomic E-state index is -0.387. The first-order chi connectivity index (χ1) is 11.7. The van der Waals surface area contributed by atoms with E-state index in [1.54, 1.807) is 23.2 Å². The number of carbonyl (C=O) groups excluding carboxylic acids is 1. The number of amides is 1. The van der Waals surface area contributed by atoms with Crippen molar-refractivity contribution in [3.8, 4) is 0 Å². The van der Waals surface area contributed by atoms with Gasteiger partial charge in [-0.25, -0.2) is 9.37 Å². The predicted molar refractivity (Wildman–Crippen MR) is 82.9 cm³/mol. The van der Waals surface area contributed by atoms with E-state index in [1.807, 2.05) is 0 Å². The van der Waals surface area contributed by atoms with Gasteiger partial charge in [0.05, 0.1) is 19.3 Å². The second-order valence-corrected chi connectivity index (χ2v) is 5.60. The van der Waals surface area contributed by atoms with Crippen molar-refractivity contribution in [1.82, 2.24) is 9.88 Å². The van der Waals surface area contributed by atoms with E-state index in [2.05, 4.69) is 4.98 Å². The average molecular weight is 334 g/mol. The first kappa shape index (κ1) is 16.6. The van der Waals surface area contributed by atoms with E-state index in [4.69, 9.17) is 13.9 Å². The summed E-state index contributed by atoms with van der Waals surface area (Å²) >= 11 is 0. The van der Waals surface area contributed by atoms with Gasteiger partial charge in [-0.2, -0.15) is 0 Å². The molecular weight excluding hydrogens is 315 g/mol. The van der Waals surface area contributed by atoms with Gasteiger partial charge < -0.3 is 18.8 Å². The number of nitrogens with zero attached hydrogens (tertiary/aromatic N) is 2. The lowest BCUT2D eigenvalue weighted by Crippen LogP contribution is -2.43. The van der Waals surface area contributed by atoms with Crippen LogP contribution in [0, 0.1) is 5.82 Å². The van der Waals surface area contributed by atoms with Gasteiger partial charge in [0.25, 0.3) is 0 Å². The van der Waals surface area contributed by atoms with Crippen LogP contribution in [0.3, 0.4) is 0 Å². The lowest BCUT2D eigenvalue weighted by atomic mass is 10.1. The number of ether oxygens (including phenoxy) is 2. The number of aromatic nitrogens is 1. The van der Waals surface area contributed by atoms with Gasteiger partial charge in [0, 0.05) is 20.1 Å². The summed E-state index contributed by atoms with van der Waals surface area (Å²) in [6.07, 6.45) is 1.77. The van der Waals surface area contributed by atoms with Crippen LogP contribution in [0.2, 0.25) is 0 Å². The standard InChI is InChI=1S/C17H19FN2O4/c1-22-11-16(21)20-6-7-23-15(10-20)17-19-9-14(24-17)8-12-2-4-13(18)5-3-12/h2-5,9,15H,6-8,10-11H2,1H3/t15-/m1/s1. The fourth-order valence-corrected chi connectivity index (χ4v) is 2.60. The second-order valence-electron chi connectivity index (χ2n) is 5.60. The predicted octanol–water partition coefficient (Wildman–Crippen LogP) is 1.95. The zero-order chi connectivity index (χ0) is 16.9. The smallest absolute Gasteiger partial charge is 0.248 e. The third-order valence-electron chi connectivity index (χ3n) is 3.83. The largest absolute Gasteiger partial charge is 0.442 e. The van der Waals surface area contributed by atoms with Crippen molar-refractivity contribution in [3.63, 3.8) is 0 Å². The van der Waals surface area contributed by atoms with Crippen molar-refractivity contribution >= 4 is 5.91 Å². The van der Waals surface area contributed by atoms with Gasteiger partial charge in [-0.1, -0.05) is 12.1 Å². The summed E-state index contributed by atoms with van der Waals surface area (Å²) in [6.45, 7) is 1.39. The highest BCUT2D eigenvalue weighted by Gasteiger charge is 2.28. The molecule has 3 rings (SSSR count). The number of carbonyl (C=O) groups is 1. The molecule has 0 spiro atoms. The molecule has 0 N–H and O–H groups in total. The molecule has 7 heteroatoms.